The zero-order valence-electron chi connectivity index (χ0n) is 14.6. The van der Waals surface area contributed by atoms with Crippen LogP contribution >= 0.6 is 0 Å². The Hall–Kier alpha value is -2.69. The minimum Gasteiger partial charge on any atom is -0.354 e. The number of benzene rings is 2. The topological polar surface area (TPSA) is 49.4 Å². The molecule has 0 unspecified atom stereocenters. The normalized spacial score (nSPS) is 10.4. The number of amides is 2. The van der Waals surface area contributed by atoms with E-state index in [2.05, 4.69) is 5.32 Å². The van der Waals surface area contributed by atoms with Gasteiger partial charge in [-0.05, 0) is 42.2 Å². The van der Waals surface area contributed by atoms with Crippen LogP contribution in [-0.2, 0) is 22.6 Å². The Kier molecular flexibility index (Phi) is 6.69. The van der Waals surface area contributed by atoms with Crippen LogP contribution in [0.3, 0.4) is 0 Å². The highest BCUT2D eigenvalue weighted by atomic mass is 19.1. The van der Waals surface area contributed by atoms with Crippen molar-refractivity contribution in [2.75, 3.05) is 13.1 Å². The fourth-order valence-electron chi connectivity index (χ4n) is 2.50. The molecule has 5 heteroatoms. The third kappa shape index (κ3) is 6.03. The summed E-state index contributed by atoms with van der Waals surface area (Å²) >= 11 is 0. The second-order valence-corrected chi connectivity index (χ2v) is 6.03. The highest BCUT2D eigenvalue weighted by molar-refractivity contribution is 5.83. The molecule has 0 bridgehead atoms. The predicted molar refractivity (Wildman–Crippen MR) is 95.4 cm³/mol. The van der Waals surface area contributed by atoms with E-state index in [1.807, 2.05) is 31.2 Å². The minimum atomic E-state index is -0.277. The SMILES string of the molecule is CC(=O)N(CC(=O)NCCc1ccc(F)cc1)Cc1ccccc1C. The van der Waals surface area contributed by atoms with Crippen LogP contribution in [0.25, 0.3) is 0 Å². The van der Waals surface area contributed by atoms with Crippen molar-refractivity contribution in [1.29, 1.82) is 0 Å². The molecular weight excluding hydrogens is 319 g/mol. The Labute approximate surface area is 147 Å². The largest absolute Gasteiger partial charge is 0.354 e. The van der Waals surface area contributed by atoms with Crippen molar-refractivity contribution in [1.82, 2.24) is 10.2 Å². The molecule has 4 nitrogen and oxygen atoms in total. The lowest BCUT2D eigenvalue weighted by atomic mass is 10.1. The summed E-state index contributed by atoms with van der Waals surface area (Å²) in [5.41, 5.74) is 3.06. The molecule has 0 aliphatic heterocycles. The molecule has 0 heterocycles. The summed E-state index contributed by atoms with van der Waals surface area (Å²) in [6.45, 7) is 4.32. The molecule has 0 spiro atoms. The van der Waals surface area contributed by atoms with Crippen molar-refractivity contribution in [3.05, 3.63) is 71.0 Å². The van der Waals surface area contributed by atoms with Gasteiger partial charge in [0.25, 0.3) is 0 Å². The van der Waals surface area contributed by atoms with Crippen LogP contribution in [-0.4, -0.2) is 29.8 Å². The second kappa shape index (κ2) is 8.97. The summed E-state index contributed by atoms with van der Waals surface area (Å²) in [4.78, 5) is 25.5. The molecule has 0 aromatic heterocycles. The number of nitrogens with zero attached hydrogens (tertiary/aromatic N) is 1. The fraction of sp³-hybridized carbons (Fsp3) is 0.300. The first-order valence-electron chi connectivity index (χ1n) is 8.27. The van der Waals surface area contributed by atoms with Gasteiger partial charge in [0, 0.05) is 20.0 Å². The maximum atomic E-state index is 12.9. The molecule has 0 saturated heterocycles. The van der Waals surface area contributed by atoms with E-state index >= 15 is 0 Å². The summed E-state index contributed by atoms with van der Waals surface area (Å²) in [5, 5.41) is 2.80. The molecule has 0 aliphatic rings. The summed E-state index contributed by atoms with van der Waals surface area (Å²) in [6, 6.07) is 14.0. The molecule has 2 aromatic carbocycles. The average molecular weight is 342 g/mol. The summed E-state index contributed by atoms with van der Waals surface area (Å²) in [5.74, 6) is -0.621. The summed E-state index contributed by atoms with van der Waals surface area (Å²) < 4.78 is 12.9. The standard InChI is InChI=1S/C20H23FN2O2/c1-15-5-3-4-6-18(15)13-23(16(2)24)14-20(25)22-12-11-17-7-9-19(21)10-8-17/h3-10H,11-14H2,1-2H3,(H,22,25). The van der Waals surface area contributed by atoms with Gasteiger partial charge >= 0.3 is 0 Å². The second-order valence-electron chi connectivity index (χ2n) is 6.03. The van der Waals surface area contributed by atoms with Gasteiger partial charge in [-0.1, -0.05) is 36.4 Å². The third-order valence-electron chi connectivity index (χ3n) is 4.05. The average Bonchev–Trinajstić information content (AvgIpc) is 2.58. The van der Waals surface area contributed by atoms with Gasteiger partial charge in [-0.15, -0.1) is 0 Å². The lowest BCUT2D eigenvalue weighted by molar-refractivity contribution is -0.134. The lowest BCUT2D eigenvalue weighted by Gasteiger charge is -2.21. The Morgan fingerprint density at radius 1 is 1.08 bits per heavy atom. The highest BCUT2D eigenvalue weighted by Crippen LogP contribution is 2.10. The maximum absolute atomic E-state index is 12.9. The van der Waals surface area contributed by atoms with Gasteiger partial charge in [-0.25, -0.2) is 4.39 Å². The molecule has 0 fully saturated rings. The fourth-order valence-corrected chi connectivity index (χ4v) is 2.50. The predicted octanol–water partition coefficient (Wildman–Crippen LogP) is 2.84. The smallest absolute Gasteiger partial charge is 0.239 e. The van der Waals surface area contributed by atoms with Crippen molar-refractivity contribution < 1.29 is 14.0 Å². The molecule has 0 radical (unpaired) electrons. The van der Waals surface area contributed by atoms with Crippen LogP contribution in [0.2, 0.25) is 0 Å². The van der Waals surface area contributed by atoms with Gasteiger partial charge in [0.1, 0.15) is 5.82 Å². The van der Waals surface area contributed by atoms with E-state index in [4.69, 9.17) is 0 Å². The molecule has 25 heavy (non-hydrogen) atoms. The molecule has 2 aromatic rings. The molecule has 2 rings (SSSR count). The van der Waals surface area contributed by atoms with Gasteiger partial charge in [0.05, 0.1) is 6.54 Å². The van der Waals surface area contributed by atoms with E-state index in [0.29, 0.717) is 19.5 Å². The number of aryl methyl sites for hydroxylation is 1. The van der Waals surface area contributed by atoms with Gasteiger partial charge in [0.15, 0.2) is 0 Å². The summed E-state index contributed by atoms with van der Waals surface area (Å²) in [7, 11) is 0. The van der Waals surface area contributed by atoms with Gasteiger partial charge < -0.3 is 10.2 Å². The summed E-state index contributed by atoms with van der Waals surface area (Å²) in [6.07, 6.45) is 0.615. The van der Waals surface area contributed by atoms with Gasteiger partial charge in [0.2, 0.25) is 11.8 Å². The molecule has 0 aliphatic carbocycles. The lowest BCUT2D eigenvalue weighted by Crippen LogP contribution is -2.40. The number of hydrogen-bond acceptors (Lipinski definition) is 2. The molecule has 0 saturated carbocycles. The number of halogens is 1. The van der Waals surface area contributed by atoms with Crippen molar-refractivity contribution in [2.45, 2.75) is 26.8 Å². The molecule has 1 N–H and O–H groups in total. The maximum Gasteiger partial charge on any atom is 0.239 e. The quantitative estimate of drug-likeness (QED) is 0.841. The first kappa shape index (κ1) is 18.6. The Bertz CT molecular complexity index is 729. The van der Waals surface area contributed by atoms with Crippen LogP contribution in [0.5, 0.6) is 0 Å². The number of rotatable bonds is 7. The van der Waals surface area contributed by atoms with Crippen LogP contribution in [0.15, 0.2) is 48.5 Å². The Morgan fingerprint density at radius 2 is 1.76 bits per heavy atom. The highest BCUT2D eigenvalue weighted by Gasteiger charge is 2.14. The van der Waals surface area contributed by atoms with Crippen molar-refractivity contribution in [2.24, 2.45) is 0 Å². The minimum absolute atomic E-state index is 0.0209. The molecule has 0 atom stereocenters. The van der Waals surface area contributed by atoms with E-state index in [1.54, 1.807) is 12.1 Å². The molecule has 132 valence electrons. The number of hydrogen-bond donors (Lipinski definition) is 1. The first-order chi connectivity index (χ1) is 12.0. The van der Waals surface area contributed by atoms with Crippen molar-refractivity contribution >= 4 is 11.8 Å². The van der Waals surface area contributed by atoms with E-state index in [1.165, 1.54) is 24.0 Å². The first-order valence-corrected chi connectivity index (χ1v) is 8.27. The number of carbonyl (C=O) groups excluding carboxylic acids is 2. The van der Waals surface area contributed by atoms with Gasteiger partial charge in [-0.2, -0.15) is 0 Å². The Morgan fingerprint density at radius 3 is 2.40 bits per heavy atom. The third-order valence-corrected chi connectivity index (χ3v) is 4.05. The van der Waals surface area contributed by atoms with E-state index in [0.717, 1.165) is 16.7 Å². The molecule has 2 amide bonds. The monoisotopic (exact) mass is 342 g/mol. The van der Waals surface area contributed by atoms with E-state index < -0.39 is 0 Å². The van der Waals surface area contributed by atoms with Crippen LogP contribution in [0.4, 0.5) is 4.39 Å². The van der Waals surface area contributed by atoms with E-state index in [9.17, 15) is 14.0 Å². The van der Waals surface area contributed by atoms with Crippen LogP contribution < -0.4 is 5.32 Å². The van der Waals surface area contributed by atoms with Crippen LogP contribution in [0, 0.1) is 12.7 Å². The Balaban J connectivity index is 1.84. The van der Waals surface area contributed by atoms with Crippen molar-refractivity contribution in [3.63, 3.8) is 0 Å². The zero-order valence-corrected chi connectivity index (χ0v) is 14.6. The van der Waals surface area contributed by atoms with Gasteiger partial charge in [-0.3, -0.25) is 9.59 Å². The zero-order chi connectivity index (χ0) is 18.2. The van der Waals surface area contributed by atoms with Crippen LogP contribution in [0.1, 0.15) is 23.6 Å². The molecular formula is C20H23FN2O2. The van der Waals surface area contributed by atoms with Crippen molar-refractivity contribution in [3.8, 4) is 0 Å². The number of nitrogens with one attached hydrogen (secondary N) is 1. The number of carbonyl (C=O) groups is 2. The van der Waals surface area contributed by atoms with E-state index in [-0.39, 0.29) is 24.2 Å².